The smallest absolute Gasteiger partial charge is 0.330 e. The van der Waals surface area contributed by atoms with Crippen LogP contribution in [0, 0.1) is 0 Å². The van der Waals surface area contributed by atoms with Crippen LogP contribution in [0.1, 0.15) is 34.8 Å². The van der Waals surface area contributed by atoms with E-state index in [9.17, 15) is 19.5 Å². The minimum absolute atomic E-state index is 0.0207. The molecular formula is C20H21NO6. The van der Waals surface area contributed by atoms with Gasteiger partial charge in [0.2, 0.25) is 5.91 Å². The number of carboxylic acid groups (broad SMARTS) is 1. The summed E-state index contributed by atoms with van der Waals surface area (Å²) in [5.74, 6) is -0.688. The fourth-order valence-electron chi connectivity index (χ4n) is 2.47. The van der Waals surface area contributed by atoms with Gasteiger partial charge in [0.25, 0.3) is 0 Å². The van der Waals surface area contributed by atoms with E-state index in [1.165, 1.54) is 14.2 Å². The maximum atomic E-state index is 12.2. The number of rotatable bonds is 9. The number of hydrogen-bond acceptors (Lipinski definition) is 5. The van der Waals surface area contributed by atoms with Gasteiger partial charge in [0.05, 0.1) is 14.2 Å². The molecule has 7 heteroatoms. The summed E-state index contributed by atoms with van der Waals surface area (Å²) in [5, 5.41) is 11.8. The number of hydrogen-bond donors (Lipinski definition) is 2. The molecule has 0 fully saturated rings. The molecule has 27 heavy (non-hydrogen) atoms. The lowest BCUT2D eigenvalue weighted by Crippen LogP contribution is -2.33. The largest absolute Gasteiger partial charge is 0.497 e. The zero-order valence-electron chi connectivity index (χ0n) is 15.1. The highest BCUT2D eigenvalue weighted by Gasteiger charge is 2.22. The first-order valence-electron chi connectivity index (χ1n) is 8.28. The van der Waals surface area contributed by atoms with Gasteiger partial charge in [-0.1, -0.05) is 12.1 Å². The van der Waals surface area contributed by atoms with E-state index in [1.54, 1.807) is 48.5 Å². The van der Waals surface area contributed by atoms with Gasteiger partial charge in [-0.15, -0.1) is 0 Å². The summed E-state index contributed by atoms with van der Waals surface area (Å²) in [4.78, 5) is 35.8. The van der Waals surface area contributed by atoms with E-state index in [0.717, 1.165) is 0 Å². The summed E-state index contributed by atoms with van der Waals surface area (Å²) < 4.78 is 10.1. The molecule has 0 spiro atoms. The topological polar surface area (TPSA) is 102 Å². The first kappa shape index (κ1) is 20.0. The molecule has 0 saturated heterocycles. The number of carbonyl (C=O) groups excluding carboxylic acids is 2. The lowest BCUT2D eigenvalue weighted by molar-refractivity contribution is -0.142. The summed E-state index contributed by atoms with van der Waals surface area (Å²) in [7, 11) is 3.04. The molecular weight excluding hydrogens is 350 g/mol. The number of ketones is 1. The van der Waals surface area contributed by atoms with Gasteiger partial charge >= 0.3 is 5.97 Å². The summed E-state index contributed by atoms with van der Waals surface area (Å²) in [6, 6.07) is 11.7. The molecule has 1 atom stereocenters. The second-order valence-electron chi connectivity index (χ2n) is 5.76. The van der Waals surface area contributed by atoms with Crippen LogP contribution in [-0.2, 0) is 9.59 Å². The van der Waals surface area contributed by atoms with Crippen molar-refractivity contribution in [3.63, 3.8) is 0 Å². The molecule has 7 nitrogen and oxygen atoms in total. The molecule has 0 aliphatic rings. The fourth-order valence-corrected chi connectivity index (χ4v) is 2.47. The van der Waals surface area contributed by atoms with Crippen LogP contribution in [0.5, 0.6) is 11.5 Å². The van der Waals surface area contributed by atoms with Crippen molar-refractivity contribution in [1.82, 2.24) is 5.32 Å². The van der Waals surface area contributed by atoms with Crippen LogP contribution in [0.25, 0.3) is 0 Å². The number of benzene rings is 2. The van der Waals surface area contributed by atoms with Crippen LogP contribution in [0.3, 0.4) is 0 Å². The predicted octanol–water partition coefficient (Wildman–Crippen LogP) is 2.61. The Morgan fingerprint density at radius 2 is 1.41 bits per heavy atom. The molecule has 0 aromatic heterocycles. The van der Waals surface area contributed by atoms with Crippen molar-refractivity contribution in [3.05, 3.63) is 59.7 Å². The van der Waals surface area contributed by atoms with Crippen molar-refractivity contribution in [2.24, 2.45) is 0 Å². The van der Waals surface area contributed by atoms with Gasteiger partial charge in [-0.25, -0.2) is 4.79 Å². The minimum Gasteiger partial charge on any atom is -0.497 e. The molecule has 2 rings (SSSR count). The van der Waals surface area contributed by atoms with Crippen molar-refractivity contribution in [2.75, 3.05) is 14.2 Å². The van der Waals surface area contributed by atoms with Gasteiger partial charge in [0.1, 0.15) is 11.5 Å². The third-order valence-electron chi connectivity index (χ3n) is 3.99. The molecule has 0 saturated carbocycles. The van der Waals surface area contributed by atoms with Crippen molar-refractivity contribution >= 4 is 17.7 Å². The molecule has 0 aliphatic heterocycles. The van der Waals surface area contributed by atoms with Crippen LogP contribution in [0.2, 0.25) is 0 Å². The fraction of sp³-hybridized carbons (Fsp3) is 0.250. The van der Waals surface area contributed by atoms with Crippen molar-refractivity contribution < 1.29 is 29.0 Å². The molecule has 0 radical (unpaired) electrons. The van der Waals surface area contributed by atoms with E-state index < -0.39 is 17.9 Å². The van der Waals surface area contributed by atoms with E-state index in [1.807, 2.05) is 0 Å². The monoisotopic (exact) mass is 371 g/mol. The van der Waals surface area contributed by atoms with Gasteiger partial charge in [0, 0.05) is 18.4 Å². The van der Waals surface area contributed by atoms with Crippen LogP contribution in [0.15, 0.2) is 48.5 Å². The van der Waals surface area contributed by atoms with Gasteiger partial charge in [-0.3, -0.25) is 9.59 Å². The normalized spacial score (nSPS) is 11.3. The molecule has 142 valence electrons. The Hall–Kier alpha value is -3.35. The van der Waals surface area contributed by atoms with Crippen LogP contribution >= 0.6 is 0 Å². The zero-order chi connectivity index (χ0) is 19.8. The van der Waals surface area contributed by atoms with Crippen LogP contribution in [0.4, 0.5) is 0 Å². The van der Waals surface area contributed by atoms with Gasteiger partial charge < -0.3 is 19.9 Å². The third kappa shape index (κ3) is 5.57. The quantitative estimate of drug-likeness (QED) is 0.657. The maximum Gasteiger partial charge on any atom is 0.330 e. The number of aliphatic carboxylic acids is 1. The van der Waals surface area contributed by atoms with E-state index in [-0.39, 0.29) is 18.6 Å². The van der Waals surface area contributed by atoms with Crippen molar-refractivity contribution in [3.8, 4) is 11.5 Å². The van der Waals surface area contributed by atoms with E-state index in [2.05, 4.69) is 5.32 Å². The van der Waals surface area contributed by atoms with Crippen LogP contribution < -0.4 is 14.8 Å². The first-order valence-corrected chi connectivity index (χ1v) is 8.28. The SMILES string of the molecule is COc1ccc(C(=O)CCC(=O)NC(C(=O)O)c2ccc(OC)cc2)cc1. The zero-order valence-corrected chi connectivity index (χ0v) is 15.1. The molecule has 0 heterocycles. The summed E-state index contributed by atoms with van der Waals surface area (Å²) in [6.45, 7) is 0. The summed E-state index contributed by atoms with van der Waals surface area (Å²) >= 11 is 0. The molecule has 1 amide bonds. The standard InChI is InChI=1S/C20H21NO6/c1-26-15-7-3-13(4-8-15)17(22)11-12-18(23)21-19(20(24)25)14-5-9-16(27-2)10-6-14/h3-10,19H,11-12H2,1-2H3,(H,21,23)(H,24,25). The highest BCUT2D eigenvalue weighted by Crippen LogP contribution is 2.19. The van der Waals surface area contributed by atoms with Crippen LogP contribution in [-0.4, -0.2) is 37.0 Å². The molecule has 1 unspecified atom stereocenters. The number of carbonyl (C=O) groups is 3. The molecule has 2 N–H and O–H groups in total. The first-order chi connectivity index (χ1) is 12.9. The third-order valence-corrected chi connectivity index (χ3v) is 3.99. The van der Waals surface area contributed by atoms with Crippen molar-refractivity contribution in [1.29, 1.82) is 0 Å². The lowest BCUT2D eigenvalue weighted by Gasteiger charge is -2.15. The number of ether oxygens (including phenoxy) is 2. The number of methoxy groups -OCH3 is 2. The summed E-state index contributed by atoms with van der Waals surface area (Å²) in [5.41, 5.74) is 0.881. The Kier molecular flexibility index (Phi) is 6.93. The predicted molar refractivity (Wildman–Crippen MR) is 98.1 cm³/mol. The highest BCUT2D eigenvalue weighted by molar-refractivity contribution is 5.98. The molecule has 0 aliphatic carbocycles. The average molecular weight is 371 g/mol. The Balaban J connectivity index is 1.94. The van der Waals surface area contributed by atoms with Crippen molar-refractivity contribution in [2.45, 2.75) is 18.9 Å². The van der Waals surface area contributed by atoms with E-state index >= 15 is 0 Å². The molecule has 0 bridgehead atoms. The second kappa shape index (κ2) is 9.38. The lowest BCUT2D eigenvalue weighted by atomic mass is 10.0. The average Bonchev–Trinajstić information content (AvgIpc) is 2.70. The Morgan fingerprint density at radius 3 is 1.89 bits per heavy atom. The maximum absolute atomic E-state index is 12.2. The van der Waals surface area contributed by atoms with E-state index in [4.69, 9.17) is 9.47 Å². The van der Waals surface area contributed by atoms with Gasteiger partial charge in [-0.2, -0.15) is 0 Å². The van der Waals surface area contributed by atoms with E-state index in [0.29, 0.717) is 22.6 Å². The van der Waals surface area contributed by atoms with Gasteiger partial charge in [0.15, 0.2) is 11.8 Å². The number of Topliss-reactive ketones (excluding diaryl/α,β-unsaturated/α-hetero) is 1. The Bertz CT molecular complexity index is 798. The number of carboxylic acids is 1. The Morgan fingerprint density at radius 1 is 0.889 bits per heavy atom. The minimum atomic E-state index is -1.19. The number of amides is 1. The van der Waals surface area contributed by atoms with Gasteiger partial charge in [-0.05, 0) is 42.0 Å². The highest BCUT2D eigenvalue weighted by atomic mass is 16.5. The Labute approximate surface area is 156 Å². The molecule has 2 aromatic rings. The molecule has 2 aromatic carbocycles. The summed E-state index contributed by atoms with van der Waals surface area (Å²) in [6.07, 6.45) is -0.127. The second-order valence-corrected chi connectivity index (χ2v) is 5.76. The number of nitrogens with one attached hydrogen (secondary N) is 1.